The molecule has 0 unspecified atom stereocenters. The van der Waals surface area contributed by atoms with Crippen molar-refractivity contribution in [3.05, 3.63) is 60.3 Å². The number of aromatic nitrogens is 2. The SMILES string of the molecule is COc1ncc(N2CCOCC2)cc1S(=O)(=O)Nc1cncc(-c2ccc(CN3CCC[C@@H]3C)cc2F)c1. The summed E-state index contributed by atoms with van der Waals surface area (Å²) in [4.78, 5) is 12.6. The number of nitrogens with one attached hydrogen (secondary N) is 1. The summed E-state index contributed by atoms with van der Waals surface area (Å²) in [5.74, 6) is -0.396. The molecule has 1 N–H and O–H groups in total. The predicted octanol–water partition coefficient (Wildman–Crippen LogP) is 3.91. The molecule has 2 fully saturated rings. The van der Waals surface area contributed by atoms with Crippen LogP contribution in [0.3, 0.4) is 0 Å². The molecule has 0 amide bonds. The fourth-order valence-electron chi connectivity index (χ4n) is 4.97. The van der Waals surface area contributed by atoms with Crippen LogP contribution in [0.1, 0.15) is 25.3 Å². The Balaban J connectivity index is 1.37. The summed E-state index contributed by atoms with van der Waals surface area (Å²) in [6.45, 7) is 6.30. The first-order valence-electron chi connectivity index (χ1n) is 12.7. The molecule has 4 heterocycles. The lowest BCUT2D eigenvalue weighted by molar-refractivity contribution is 0.122. The summed E-state index contributed by atoms with van der Waals surface area (Å²) in [5.41, 5.74) is 2.59. The van der Waals surface area contributed by atoms with Gasteiger partial charge < -0.3 is 14.4 Å². The number of pyridine rings is 2. The van der Waals surface area contributed by atoms with Gasteiger partial charge in [-0.1, -0.05) is 12.1 Å². The van der Waals surface area contributed by atoms with Gasteiger partial charge in [0.05, 0.1) is 44.1 Å². The minimum atomic E-state index is -4.09. The zero-order chi connectivity index (χ0) is 26.7. The fourth-order valence-corrected chi connectivity index (χ4v) is 6.14. The lowest BCUT2D eigenvalue weighted by atomic mass is 10.0. The fraction of sp³-hybridized carbons (Fsp3) is 0.407. The Bertz CT molecular complexity index is 1400. The molecule has 0 bridgehead atoms. The second-order valence-corrected chi connectivity index (χ2v) is 11.3. The number of anilines is 2. The number of methoxy groups -OCH3 is 1. The van der Waals surface area contributed by atoms with E-state index in [1.54, 1.807) is 24.4 Å². The van der Waals surface area contributed by atoms with E-state index >= 15 is 4.39 Å². The second-order valence-electron chi connectivity index (χ2n) is 9.64. The first-order valence-corrected chi connectivity index (χ1v) is 14.2. The molecule has 0 saturated carbocycles. The zero-order valence-corrected chi connectivity index (χ0v) is 22.4. The number of ether oxygens (including phenoxy) is 2. The van der Waals surface area contributed by atoms with E-state index in [0.717, 1.165) is 24.9 Å². The molecule has 2 aliphatic rings. The highest BCUT2D eigenvalue weighted by molar-refractivity contribution is 7.92. The minimum Gasteiger partial charge on any atom is -0.480 e. The van der Waals surface area contributed by atoms with Crippen molar-refractivity contribution in [1.82, 2.24) is 14.9 Å². The number of halogens is 1. The summed E-state index contributed by atoms with van der Waals surface area (Å²) in [7, 11) is -2.72. The molecule has 2 saturated heterocycles. The lowest BCUT2D eigenvalue weighted by Crippen LogP contribution is -2.36. The van der Waals surface area contributed by atoms with Crippen LogP contribution < -0.4 is 14.4 Å². The van der Waals surface area contributed by atoms with E-state index in [9.17, 15) is 8.42 Å². The highest BCUT2D eigenvalue weighted by atomic mass is 32.2. The number of sulfonamides is 1. The van der Waals surface area contributed by atoms with Gasteiger partial charge in [0.2, 0.25) is 5.88 Å². The van der Waals surface area contributed by atoms with Crippen LogP contribution in [0, 0.1) is 5.82 Å². The van der Waals surface area contributed by atoms with Crippen molar-refractivity contribution in [3.8, 4) is 17.0 Å². The molecule has 1 atom stereocenters. The number of nitrogens with zero attached hydrogens (tertiary/aromatic N) is 4. The van der Waals surface area contributed by atoms with Crippen LogP contribution >= 0.6 is 0 Å². The smallest absolute Gasteiger partial charge is 0.267 e. The van der Waals surface area contributed by atoms with E-state index in [2.05, 4.69) is 26.5 Å². The van der Waals surface area contributed by atoms with Gasteiger partial charge in [0.25, 0.3) is 10.0 Å². The lowest BCUT2D eigenvalue weighted by Gasteiger charge is -2.29. The van der Waals surface area contributed by atoms with Gasteiger partial charge in [0.15, 0.2) is 4.90 Å². The van der Waals surface area contributed by atoms with Gasteiger partial charge in [-0.25, -0.2) is 17.8 Å². The van der Waals surface area contributed by atoms with Crippen LogP contribution in [0.5, 0.6) is 5.88 Å². The molecular formula is C27H32FN5O4S. The van der Waals surface area contributed by atoms with Gasteiger partial charge in [0.1, 0.15) is 5.82 Å². The van der Waals surface area contributed by atoms with Gasteiger partial charge >= 0.3 is 0 Å². The molecule has 0 spiro atoms. The molecule has 5 rings (SSSR count). The van der Waals surface area contributed by atoms with E-state index in [1.165, 1.54) is 25.6 Å². The van der Waals surface area contributed by atoms with Crippen molar-refractivity contribution in [3.63, 3.8) is 0 Å². The summed E-state index contributed by atoms with van der Waals surface area (Å²) >= 11 is 0. The first-order chi connectivity index (χ1) is 18.3. The normalized spacial score (nSPS) is 18.5. The molecule has 2 aromatic heterocycles. The Morgan fingerprint density at radius 3 is 2.66 bits per heavy atom. The highest BCUT2D eigenvalue weighted by Gasteiger charge is 2.25. The Morgan fingerprint density at radius 1 is 1.13 bits per heavy atom. The quantitative estimate of drug-likeness (QED) is 0.459. The van der Waals surface area contributed by atoms with E-state index in [0.29, 0.717) is 55.7 Å². The maximum atomic E-state index is 15.1. The van der Waals surface area contributed by atoms with Crippen molar-refractivity contribution >= 4 is 21.4 Å². The summed E-state index contributed by atoms with van der Waals surface area (Å²) < 4.78 is 55.1. The first kappa shape index (κ1) is 26.3. The third-order valence-electron chi connectivity index (χ3n) is 7.07. The van der Waals surface area contributed by atoms with Crippen molar-refractivity contribution in [1.29, 1.82) is 0 Å². The third kappa shape index (κ3) is 5.74. The van der Waals surface area contributed by atoms with E-state index in [1.807, 2.05) is 11.0 Å². The maximum absolute atomic E-state index is 15.1. The average molecular weight is 542 g/mol. The molecule has 1 aromatic carbocycles. The highest BCUT2D eigenvalue weighted by Crippen LogP contribution is 2.31. The van der Waals surface area contributed by atoms with Crippen LogP contribution in [-0.4, -0.2) is 69.3 Å². The molecular weight excluding hydrogens is 509 g/mol. The number of hydrogen-bond donors (Lipinski definition) is 1. The van der Waals surface area contributed by atoms with Crippen molar-refractivity contribution in [2.24, 2.45) is 0 Å². The van der Waals surface area contributed by atoms with Gasteiger partial charge in [-0.3, -0.25) is 14.6 Å². The van der Waals surface area contributed by atoms with Gasteiger partial charge in [-0.05, 0) is 50.1 Å². The van der Waals surface area contributed by atoms with Crippen LogP contribution in [0.2, 0.25) is 0 Å². The number of hydrogen-bond acceptors (Lipinski definition) is 8. The topological polar surface area (TPSA) is 96.9 Å². The number of rotatable bonds is 8. The van der Waals surface area contributed by atoms with E-state index in [4.69, 9.17) is 9.47 Å². The van der Waals surface area contributed by atoms with Crippen LogP contribution in [0.15, 0.2) is 53.8 Å². The van der Waals surface area contributed by atoms with Crippen molar-refractivity contribution < 1.29 is 22.3 Å². The largest absolute Gasteiger partial charge is 0.480 e. The minimum absolute atomic E-state index is 0.0208. The molecule has 2 aliphatic heterocycles. The summed E-state index contributed by atoms with van der Waals surface area (Å²) in [6.07, 6.45) is 6.81. The monoisotopic (exact) mass is 541 g/mol. The summed E-state index contributed by atoms with van der Waals surface area (Å²) in [6, 6.07) is 8.78. The molecule has 0 radical (unpaired) electrons. The molecule has 9 nitrogen and oxygen atoms in total. The number of benzene rings is 1. The van der Waals surface area contributed by atoms with Gasteiger partial charge in [-0.2, -0.15) is 0 Å². The van der Waals surface area contributed by atoms with Crippen molar-refractivity contribution in [2.75, 3.05) is 49.6 Å². The van der Waals surface area contributed by atoms with Crippen LogP contribution in [0.4, 0.5) is 15.8 Å². The average Bonchev–Trinajstić information content (AvgIpc) is 3.32. The Labute approximate surface area is 222 Å². The number of morpholine rings is 1. The molecule has 3 aromatic rings. The molecule has 38 heavy (non-hydrogen) atoms. The number of likely N-dealkylation sites (tertiary alicyclic amines) is 1. The Morgan fingerprint density at radius 2 is 1.95 bits per heavy atom. The predicted molar refractivity (Wildman–Crippen MR) is 143 cm³/mol. The molecule has 11 heteroatoms. The standard InChI is InChI=1S/C27H32FN5O4S/c1-19-4-3-7-33(19)18-20-5-6-24(25(28)12-20)21-13-22(16-29-15-21)31-38(34,35)26-14-23(17-30-27(26)36-2)32-8-10-37-11-9-32/h5-6,12-17,19,31H,3-4,7-11,18H2,1-2H3/t19-/m0/s1. The Kier molecular flexibility index (Phi) is 7.78. The summed E-state index contributed by atoms with van der Waals surface area (Å²) in [5, 5.41) is 0. The van der Waals surface area contributed by atoms with Gasteiger partial charge in [-0.15, -0.1) is 0 Å². The van der Waals surface area contributed by atoms with Crippen LogP contribution in [0.25, 0.3) is 11.1 Å². The zero-order valence-electron chi connectivity index (χ0n) is 21.6. The Hall–Kier alpha value is -3.28. The molecule has 202 valence electrons. The molecule has 0 aliphatic carbocycles. The maximum Gasteiger partial charge on any atom is 0.267 e. The third-order valence-corrected chi connectivity index (χ3v) is 8.45. The van der Waals surface area contributed by atoms with Gasteiger partial charge in [0, 0.05) is 43.0 Å². The van der Waals surface area contributed by atoms with E-state index in [-0.39, 0.29) is 22.3 Å². The van der Waals surface area contributed by atoms with Crippen LogP contribution in [-0.2, 0) is 21.3 Å². The van der Waals surface area contributed by atoms with Crippen molar-refractivity contribution in [2.45, 2.75) is 37.2 Å². The van der Waals surface area contributed by atoms with E-state index < -0.39 is 10.0 Å². The second kappa shape index (κ2) is 11.2.